The van der Waals surface area contributed by atoms with Crippen molar-refractivity contribution < 1.29 is 14.3 Å². The van der Waals surface area contributed by atoms with Crippen LogP contribution in [0, 0.1) is 0 Å². The standard InChI is InChI=1S/C23H27N5O5S.ClH/c1-14(2)10-11-27-18-19(25-22(27)34-13-16(24)21(31)33-4)26(3)23(32)28(20(18)30)12-17(29)15-8-6-5-7-9-15;/h5-10,16H,11-13,24H2,1-4H3;1H. The van der Waals surface area contributed by atoms with E-state index in [0.717, 1.165) is 10.1 Å². The van der Waals surface area contributed by atoms with Crippen LogP contribution in [0.2, 0.25) is 0 Å². The number of thioether (sulfide) groups is 1. The first-order valence-corrected chi connectivity index (χ1v) is 11.5. The summed E-state index contributed by atoms with van der Waals surface area (Å²) < 4.78 is 8.51. The van der Waals surface area contributed by atoms with Gasteiger partial charge in [-0.2, -0.15) is 0 Å². The molecule has 10 nitrogen and oxygen atoms in total. The molecule has 3 rings (SSSR count). The molecule has 0 saturated heterocycles. The Morgan fingerprint density at radius 1 is 1.17 bits per heavy atom. The summed E-state index contributed by atoms with van der Waals surface area (Å²) in [5.74, 6) is -0.749. The molecular weight excluding hydrogens is 494 g/mol. The van der Waals surface area contributed by atoms with Gasteiger partial charge in [-0.25, -0.2) is 9.78 Å². The number of aryl methyl sites for hydroxylation is 1. The van der Waals surface area contributed by atoms with E-state index in [2.05, 4.69) is 9.72 Å². The molecule has 2 heterocycles. The Balaban J connectivity index is 0.00000432. The average Bonchev–Trinajstić information content (AvgIpc) is 3.20. The molecule has 0 aliphatic rings. The number of carbonyl (C=O) groups excluding carboxylic acids is 2. The van der Waals surface area contributed by atoms with Crippen LogP contribution in [0.1, 0.15) is 24.2 Å². The first-order chi connectivity index (χ1) is 16.1. The number of methoxy groups -OCH3 is 1. The van der Waals surface area contributed by atoms with Crippen molar-refractivity contribution in [3.8, 4) is 0 Å². The van der Waals surface area contributed by atoms with Gasteiger partial charge in [-0.1, -0.05) is 53.7 Å². The molecule has 2 aromatic heterocycles. The van der Waals surface area contributed by atoms with Crippen LogP contribution in [-0.4, -0.2) is 49.3 Å². The van der Waals surface area contributed by atoms with E-state index in [1.165, 1.54) is 30.5 Å². The maximum Gasteiger partial charge on any atom is 0.332 e. The molecule has 0 radical (unpaired) electrons. The van der Waals surface area contributed by atoms with Gasteiger partial charge in [0, 0.05) is 24.9 Å². The Labute approximate surface area is 212 Å². The fourth-order valence-corrected chi connectivity index (χ4v) is 4.22. The van der Waals surface area contributed by atoms with Gasteiger partial charge < -0.3 is 15.0 Å². The number of benzene rings is 1. The minimum absolute atomic E-state index is 0. The Bertz CT molecular complexity index is 1370. The second-order valence-corrected chi connectivity index (χ2v) is 8.91. The molecule has 0 amide bonds. The lowest BCUT2D eigenvalue weighted by molar-refractivity contribution is -0.141. The number of esters is 1. The lowest BCUT2D eigenvalue weighted by Gasteiger charge is -2.11. The van der Waals surface area contributed by atoms with E-state index in [0.29, 0.717) is 17.3 Å². The van der Waals surface area contributed by atoms with Crippen LogP contribution in [0.4, 0.5) is 0 Å². The number of hydrogen-bond donors (Lipinski definition) is 1. The summed E-state index contributed by atoms with van der Waals surface area (Å²) in [4.78, 5) is 55.4. The number of aromatic nitrogens is 4. The molecule has 0 aliphatic carbocycles. The molecule has 0 aliphatic heterocycles. The Hall–Kier alpha value is -3.15. The average molecular weight is 522 g/mol. The molecule has 3 aromatic rings. The van der Waals surface area contributed by atoms with Gasteiger partial charge in [-0.05, 0) is 13.8 Å². The van der Waals surface area contributed by atoms with Crippen molar-refractivity contribution in [1.82, 2.24) is 18.7 Å². The van der Waals surface area contributed by atoms with E-state index in [9.17, 15) is 19.2 Å². The van der Waals surface area contributed by atoms with E-state index >= 15 is 0 Å². The molecule has 35 heavy (non-hydrogen) atoms. The van der Waals surface area contributed by atoms with Gasteiger partial charge >= 0.3 is 11.7 Å². The van der Waals surface area contributed by atoms with Crippen molar-refractivity contribution >= 4 is 47.1 Å². The summed E-state index contributed by atoms with van der Waals surface area (Å²) in [7, 11) is 2.76. The van der Waals surface area contributed by atoms with Gasteiger partial charge in [0.25, 0.3) is 5.56 Å². The first-order valence-electron chi connectivity index (χ1n) is 10.5. The molecule has 188 valence electrons. The third-order valence-corrected chi connectivity index (χ3v) is 6.27. The molecule has 0 spiro atoms. The summed E-state index contributed by atoms with van der Waals surface area (Å²) in [5.41, 5.74) is 6.41. The number of ether oxygens (including phenoxy) is 1. The number of ketones is 1. The second kappa shape index (κ2) is 12.0. The van der Waals surface area contributed by atoms with E-state index in [4.69, 9.17) is 5.73 Å². The van der Waals surface area contributed by atoms with Crippen LogP contribution in [0.3, 0.4) is 0 Å². The van der Waals surface area contributed by atoms with Gasteiger partial charge in [-0.3, -0.25) is 23.5 Å². The number of carbonyl (C=O) groups is 2. The molecule has 0 fully saturated rings. The number of nitrogens with two attached hydrogens (primary N) is 1. The van der Waals surface area contributed by atoms with E-state index < -0.39 is 29.8 Å². The minimum Gasteiger partial charge on any atom is -0.468 e. The Morgan fingerprint density at radius 3 is 2.43 bits per heavy atom. The van der Waals surface area contributed by atoms with Crippen molar-refractivity contribution in [3.05, 3.63) is 68.4 Å². The topological polar surface area (TPSA) is 131 Å². The highest BCUT2D eigenvalue weighted by molar-refractivity contribution is 7.99. The number of halogens is 1. The maximum absolute atomic E-state index is 13.4. The van der Waals surface area contributed by atoms with Crippen LogP contribution in [-0.2, 0) is 29.7 Å². The first kappa shape index (κ1) is 28.1. The number of hydrogen-bond acceptors (Lipinski definition) is 8. The Kier molecular flexibility index (Phi) is 9.64. The predicted octanol–water partition coefficient (Wildman–Crippen LogP) is 1.76. The van der Waals surface area contributed by atoms with Gasteiger partial charge in [-0.15, -0.1) is 12.4 Å². The van der Waals surface area contributed by atoms with Crippen molar-refractivity contribution in [3.63, 3.8) is 0 Å². The Morgan fingerprint density at radius 2 is 1.83 bits per heavy atom. The highest BCUT2D eigenvalue weighted by Gasteiger charge is 2.23. The van der Waals surface area contributed by atoms with Crippen LogP contribution in [0.25, 0.3) is 11.2 Å². The largest absolute Gasteiger partial charge is 0.468 e. The van der Waals surface area contributed by atoms with Crippen LogP contribution >= 0.6 is 24.2 Å². The zero-order chi connectivity index (χ0) is 25.0. The summed E-state index contributed by atoms with van der Waals surface area (Å²) in [5, 5.41) is 0.422. The third kappa shape index (κ3) is 6.11. The molecular formula is C23H28ClN5O5S. The van der Waals surface area contributed by atoms with Gasteiger partial charge in [0.15, 0.2) is 22.1 Å². The van der Waals surface area contributed by atoms with Gasteiger partial charge in [0.2, 0.25) is 0 Å². The number of nitrogens with zero attached hydrogens (tertiary/aromatic N) is 4. The summed E-state index contributed by atoms with van der Waals surface area (Å²) in [6.45, 7) is 3.76. The highest BCUT2D eigenvalue weighted by Crippen LogP contribution is 2.22. The molecule has 12 heteroatoms. The normalized spacial score (nSPS) is 11.6. The summed E-state index contributed by atoms with van der Waals surface area (Å²) >= 11 is 1.18. The zero-order valence-electron chi connectivity index (χ0n) is 19.9. The van der Waals surface area contributed by atoms with Crippen molar-refractivity contribution in [2.75, 3.05) is 12.9 Å². The van der Waals surface area contributed by atoms with Crippen molar-refractivity contribution in [2.24, 2.45) is 12.8 Å². The molecule has 2 N–H and O–H groups in total. The van der Waals surface area contributed by atoms with Crippen LogP contribution in [0.15, 0.2) is 56.7 Å². The minimum atomic E-state index is -0.879. The second-order valence-electron chi connectivity index (χ2n) is 7.92. The highest BCUT2D eigenvalue weighted by atomic mass is 35.5. The van der Waals surface area contributed by atoms with Crippen molar-refractivity contribution in [2.45, 2.75) is 38.1 Å². The van der Waals surface area contributed by atoms with E-state index in [-0.39, 0.29) is 35.1 Å². The van der Waals surface area contributed by atoms with E-state index in [1.807, 2.05) is 19.9 Å². The monoisotopic (exact) mass is 521 g/mol. The van der Waals surface area contributed by atoms with Crippen LogP contribution < -0.4 is 17.0 Å². The third-order valence-electron chi connectivity index (χ3n) is 5.17. The van der Waals surface area contributed by atoms with Crippen molar-refractivity contribution in [1.29, 1.82) is 0 Å². The van der Waals surface area contributed by atoms with Gasteiger partial charge in [0.05, 0.1) is 13.7 Å². The summed E-state index contributed by atoms with van der Waals surface area (Å²) in [6.07, 6.45) is 1.91. The number of rotatable bonds is 9. The number of imidazole rings is 1. The number of Topliss-reactive ketones (excluding diaryl/α,β-unsaturated/α-hetero) is 1. The zero-order valence-corrected chi connectivity index (χ0v) is 21.5. The maximum atomic E-state index is 13.4. The lowest BCUT2D eigenvalue weighted by Crippen LogP contribution is -2.41. The quantitative estimate of drug-likeness (QED) is 0.195. The molecule has 0 bridgehead atoms. The number of allylic oxidation sites excluding steroid dienone is 2. The van der Waals surface area contributed by atoms with E-state index in [1.54, 1.807) is 34.9 Å². The fourth-order valence-electron chi connectivity index (χ4n) is 3.29. The van der Waals surface area contributed by atoms with Gasteiger partial charge in [0.1, 0.15) is 6.04 Å². The predicted molar refractivity (Wildman–Crippen MR) is 137 cm³/mol. The van der Waals surface area contributed by atoms with Crippen LogP contribution in [0.5, 0.6) is 0 Å². The lowest BCUT2D eigenvalue weighted by atomic mass is 10.1. The number of fused-ring (bicyclic) bond motifs is 1. The molecule has 1 atom stereocenters. The fraction of sp³-hybridized carbons (Fsp3) is 0.348. The smallest absolute Gasteiger partial charge is 0.332 e. The molecule has 1 unspecified atom stereocenters. The molecule has 1 aromatic carbocycles. The molecule has 0 saturated carbocycles. The SMILES string of the molecule is COC(=O)C(N)CSc1nc2c(c(=O)n(CC(=O)c3ccccc3)c(=O)n2C)n1CC=C(C)C.Cl. The summed E-state index contributed by atoms with van der Waals surface area (Å²) in [6, 6.07) is 7.60.